The number of aryl methyl sites for hydroxylation is 1. The Labute approximate surface area is 209 Å². The molecule has 1 aliphatic heterocycles. The maximum Gasteiger partial charge on any atom is 0.410 e. The Kier molecular flexibility index (Phi) is 9.12. The number of benzene rings is 1. The van der Waals surface area contributed by atoms with Gasteiger partial charge in [0, 0.05) is 21.5 Å². The van der Waals surface area contributed by atoms with Gasteiger partial charge in [0.15, 0.2) is 0 Å². The van der Waals surface area contributed by atoms with Crippen LogP contribution in [-0.2, 0) is 29.1 Å². The van der Waals surface area contributed by atoms with Crippen molar-refractivity contribution in [3.8, 4) is 0 Å². The molecule has 2 amide bonds. The maximum absolute atomic E-state index is 12.8. The number of likely N-dealkylation sites (tertiary alicyclic amines) is 1. The van der Waals surface area contributed by atoms with E-state index in [9.17, 15) is 22.8 Å². The van der Waals surface area contributed by atoms with Crippen molar-refractivity contribution in [2.24, 2.45) is 5.92 Å². The zero-order chi connectivity index (χ0) is 27.3. The van der Waals surface area contributed by atoms with E-state index in [0.29, 0.717) is 12.8 Å². The third kappa shape index (κ3) is 8.50. The SMILES string of the molecule is [2H]C1CC(C[C@H](NC(=O)CN(C)S(=O)(=O)c2ccc(C)cc2)C(=O)OC)CCN1C(=O)OC(C)(C)C. The minimum atomic E-state index is -3.89. The fourth-order valence-corrected chi connectivity index (χ4v) is 4.74. The van der Waals surface area contributed by atoms with Crippen molar-refractivity contribution in [3.63, 3.8) is 0 Å². The van der Waals surface area contributed by atoms with Crippen LogP contribution in [0.3, 0.4) is 0 Å². The Hall–Kier alpha value is -2.66. The molecule has 0 bridgehead atoms. The minimum Gasteiger partial charge on any atom is -0.467 e. The Morgan fingerprint density at radius 1 is 1.23 bits per heavy atom. The van der Waals surface area contributed by atoms with Gasteiger partial charge in [0.05, 0.1) is 18.6 Å². The monoisotopic (exact) mass is 512 g/mol. The largest absolute Gasteiger partial charge is 0.467 e. The lowest BCUT2D eigenvalue weighted by Gasteiger charge is -2.34. The van der Waals surface area contributed by atoms with Crippen LogP contribution in [0.25, 0.3) is 0 Å². The summed E-state index contributed by atoms with van der Waals surface area (Å²) in [5, 5.41) is 2.57. The van der Waals surface area contributed by atoms with Gasteiger partial charge in [-0.25, -0.2) is 18.0 Å². The van der Waals surface area contributed by atoms with Crippen LogP contribution in [0.15, 0.2) is 29.2 Å². The number of likely N-dealkylation sites (N-methyl/N-ethyl adjacent to an activating group) is 1. The maximum atomic E-state index is 12.8. The van der Waals surface area contributed by atoms with E-state index in [2.05, 4.69) is 5.32 Å². The number of rotatable bonds is 8. The Morgan fingerprint density at radius 2 is 1.86 bits per heavy atom. The molecule has 3 atom stereocenters. The molecule has 196 valence electrons. The number of methoxy groups -OCH3 is 1. The number of esters is 1. The Balaban J connectivity index is 1.99. The first-order valence-electron chi connectivity index (χ1n) is 12.0. The van der Waals surface area contributed by atoms with E-state index in [0.717, 1.165) is 9.87 Å². The molecule has 10 nitrogen and oxygen atoms in total. The van der Waals surface area contributed by atoms with E-state index >= 15 is 0 Å². The highest BCUT2D eigenvalue weighted by molar-refractivity contribution is 7.89. The second-order valence-electron chi connectivity index (χ2n) is 9.70. The highest BCUT2D eigenvalue weighted by Crippen LogP contribution is 2.24. The van der Waals surface area contributed by atoms with Gasteiger partial charge in [-0.05, 0) is 65.0 Å². The highest BCUT2D eigenvalue weighted by Gasteiger charge is 2.32. The zero-order valence-electron chi connectivity index (χ0n) is 22.2. The number of carbonyl (C=O) groups excluding carboxylic acids is 3. The van der Waals surface area contributed by atoms with E-state index in [1.54, 1.807) is 32.9 Å². The van der Waals surface area contributed by atoms with Gasteiger partial charge in [0.2, 0.25) is 15.9 Å². The number of nitrogens with zero attached hydrogens (tertiary/aromatic N) is 2. The number of piperidine rings is 1. The Bertz CT molecular complexity index is 1040. The fraction of sp³-hybridized carbons (Fsp3) is 0.625. The van der Waals surface area contributed by atoms with E-state index < -0.39 is 52.7 Å². The van der Waals surface area contributed by atoms with E-state index in [4.69, 9.17) is 10.8 Å². The van der Waals surface area contributed by atoms with Crippen LogP contribution < -0.4 is 5.32 Å². The molecule has 0 spiro atoms. The van der Waals surface area contributed by atoms with Crippen molar-refractivity contribution >= 4 is 28.0 Å². The third-order valence-electron chi connectivity index (χ3n) is 5.55. The molecule has 1 heterocycles. The summed E-state index contributed by atoms with van der Waals surface area (Å²) in [6, 6.07) is 5.26. The van der Waals surface area contributed by atoms with Crippen molar-refractivity contribution in [2.75, 3.05) is 33.8 Å². The van der Waals surface area contributed by atoms with Gasteiger partial charge in [-0.2, -0.15) is 4.31 Å². The number of carbonyl (C=O) groups is 3. The molecule has 1 N–H and O–H groups in total. The molecule has 1 fully saturated rings. The number of amides is 2. The predicted molar refractivity (Wildman–Crippen MR) is 130 cm³/mol. The molecular formula is C24H37N3O7S. The van der Waals surface area contributed by atoms with Crippen molar-refractivity contribution in [2.45, 2.75) is 63.5 Å². The second kappa shape index (κ2) is 11.9. The third-order valence-corrected chi connectivity index (χ3v) is 7.37. The molecule has 1 aromatic rings. The van der Waals surface area contributed by atoms with Crippen LogP contribution in [0.4, 0.5) is 4.79 Å². The topological polar surface area (TPSA) is 122 Å². The van der Waals surface area contributed by atoms with Gasteiger partial charge in [-0.1, -0.05) is 17.7 Å². The normalized spacial score (nSPS) is 20.1. The standard InChI is InChI=1S/C24H37N3O7S/c1-17-7-9-19(10-8-17)35(31,32)26(5)16-21(28)25-20(22(29)33-6)15-18-11-13-27(14-12-18)23(30)34-24(2,3)4/h7-10,18,20H,11-16H2,1-6H3,(H,25,28)/t20-/m0/s1/i13D/t13?,18?,20-. The summed E-state index contributed by atoms with van der Waals surface area (Å²) in [6.07, 6.45) is 0.450. The van der Waals surface area contributed by atoms with Crippen molar-refractivity contribution in [1.82, 2.24) is 14.5 Å². The molecule has 2 unspecified atom stereocenters. The molecule has 35 heavy (non-hydrogen) atoms. The average molecular weight is 513 g/mol. The Morgan fingerprint density at radius 3 is 2.40 bits per heavy atom. The van der Waals surface area contributed by atoms with Gasteiger partial charge in [0.25, 0.3) is 0 Å². The van der Waals surface area contributed by atoms with Crippen LogP contribution >= 0.6 is 0 Å². The zero-order valence-corrected chi connectivity index (χ0v) is 22.1. The quantitative estimate of drug-likeness (QED) is 0.530. The molecule has 1 aromatic carbocycles. The average Bonchev–Trinajstić information content (AvgIpc) is 2.77. The number of nitrogens with one attached hydrogen (secondary N) is 1. The number of ether oxygens (including phenoxy) is 2. The number of hydrogen-bond acceptors (Lipinski definition) is 7. The molecule has 11 heteroatoms. The fourth-order valence-electron chi connectivity index (χ4n) is 3.61. The first-order chi connectivity index (χ1) is 16.6. The molecule has 0 saturated carbocycles. The predicted octanol–water partition coefficient (Wildman–Crippen LogP) is 2.31. The van der Waals surface area contributed by atoms with Crippen LogP contribution in [0, 0.1) is 12.8 Å². The molecule has 1 aliphatic rings. The molecule has 0 radical (unpaired) electrons. The molecule has 0 aromatic heterocycles. The van der Waals surface area contributed by atoms with Crippen LogP contribution in [-0.4, -0.2) is 81.0 Å². The van der Waals surface area contributed by atoms with Gasteiger partial charge in [-0.15, -0.1) is 0 Å². The van der Waals surface area contributed by atoms with Crippen molar-refractivity contribution in [1.29, 1.82) is 0 Å². The summed E-state index contributed by atoms with van der Waals surface area (Å²) in [6.45, 7) is 6.05. The van der Waals surface area contributed by atoms with Crippen LogP contribution in [0.2, 0.25) is 0 Å². The lowest BCUT2D eigenvalue weighted by Crippen LogP contribution is -2.48. The van der Waals surface area contributed by atoms with Gasteiger partial charge < -0.3 is 19.7 Å². The lowest BCUT2D eigenvalue weighted by molar-refractivity contribution is -0.145. The van der Waals surface area contributed by atoms with Gasteiger partial charge in [0.1, 0.15) is 11.6 Å². The second-order valence-corrected chi connectivity index (χ2v) is 11.7. The molecule has 2 rings (SSSR count). The lowest BCUT2D eigenvalue weighted by atomic mass is 9.90. The molecule has 0 aliphatic carbocycles. The van der Waals surface area contributed by atoms with Crippen molar-refractivity contribution < 1.29 is 33.6 Å². The first kappa shape index (κ1) is 26.9. The summed E-state index contributed by atoms with van der Waals surface area (Å²) in [5.74, 6) is -1.45. The van der Waals surface area contributed by atoms with Crippen LogP contribution in [0.5, 0.6) is 0 Å². The molecule has 1 saturated heterocycles. The smallest absolute Gasteiger partial charge is 0.410 e. The van der Waals surface area contributed by atoms with E-state index in [1.807, 2.05) is 6.92 Å². The van der Waals surface area contributed by atoms with Crippen molar-refractivity contribution in [3.05, 3.63) is 29.8 Å². The number of hydrogen-bond donors (Lipinski definition) is 1. The summed E-state index contributed by atoms with van der Waals surface area (Å²) in [4.78, 5) is 38.8. The molecular weight excluding hydrogens is 474 g/mol. The highest BCUT2D eigenvalue weighted by atomic mass is 32.2. The summed E-state index contributed by atoms with van der Waals surface area (Å²) < 4.78 is 45.0. The van der Waals surface area contributed by atoms with E-state index in [-0.39, 0.29) is 23.8 Å². The van der Waals surface area contributed by atoms with Gasteiger partial charge in [-0.3, -0.25) is 4.79 Å². The van der Waals surface area contributed by atoms with E-state index in [1.165, 1.54) is 31.2 Å². The summed E-state index contributed by atoms with van der Waals surface area (Å²) in [7, 11) is -1.40. The minimum absolute atomic E-state index is 0.0613. The summed E-state index contributed by atoms with van der Waals surface area (Å²) in [5.41, 5.74) is 0.232. The number of sulfonamides is 1. The van der Waals surface area contributed by atoms with Gasteiger partial charge >= 0.3 is 12.1 Å². The summed E-state index contributed by atoms with van der Waals surface area (Å²) >= 11 is 0. The first-order valence-corrected chi connectivity index (χ1v) is 12.9. The van der Waals surface area contributed by atoms with Crippen LogP contribution in [0.1, 0.15) is 47.0 Å².